The summed E-state index contributed by atoms with van der Waals surface area (Å²) in [4.78, 5) is 28.0. The van der Waals surface area contributed by atoms with Crippen molar-refractivity contribution < 1.29 is 4.74 Å². The van der Waals surface area contributed by atoms with Gasteiger partial charge in [-0.05, 0) is 37.8 Å². The lowest BCUT2D eigenvalue weighted by Gasteiger charge is -2.12. The molecule has 0 bridgehead atoms. The number of methoxy groups -OCH3 is 1. The van der Waals surface area contributed by atoms with Gasteiger partial charge in [0.1, 0.15) is 16.7 Å². The van der Waals surface area contributed by atoms with E-state index < -0.39 is 0 Å². The highest BCUT2D eigenvalue weighted by molar-refractivity contribution is 6.04. The van der Waals surface area contributed by atoms with E-state index in [1.807, 2.05) is 35.8 Å². The Morgan fingerprint density at radius 2 is 1.72 bits per heavy atom. The van der Waals surface area contributed by atoms with Crippen molar-refractivity contribution in [2.75, 3.05) is 13.7 Å². The van der Waals surface area contributed by atoms with Crippen LogP contribution in [0, 0.1) is 12.8 Å². The summed E-state index contributed by atoms with van der Waals surface area (Å²) in [6.45, 7) is 8.17. The molecule has 0 N–H and O–H groups in total. The minimum atomic E-state index is -0.0341. The molecule has 0 radical (unpaired) electrons. The molecule has 0 amide bonds. The van der Waals surface area contributed by atoms with Gasteiger partial charge < -0.3 is 9.30 Å². The van der Waals surface area contributed by atoms with Crippen molar-refractivity contribution in [2.45, 2.75) is 46.7 Å². The normalized spacial score (nSPS) is 12.0. The first-order chi connectivity index (χ1) is 14.0. The zero-order chi connectivity index (χ0) is 20.5. The van der Waals surface area contributed by atoms with E-state index in [-0.39, 0.29) is 5.56 Å². The third-order valence-electron chi connectivity index (χ3n) is 5.30. The van der Waals surface area contributed by atoms with E-state index >= 15 is 0 Å². The van der Waals surface area contributed by atoms with Gasteiger partial charge in [0.2, 0.25) is 0 Å². The van der Waals surface area contributed by atoms with Crippen LogP contribution in [0.2, 0.25) is 0 Å². The molecular formula is C22H27N5O2. The lowest BCUT2D eigenvalue weighted by atomic mass is 10.1. The molecule has 3 aromatic heterocycles. The van der Waals surface area contributed by atoms with Crippen molar-refractivity contribution >= 4 is 33.2 Å². The number of aryl methyl sites for hydroxylation is 2. The number of aromatic nitrogens is 5. The van der Waals surface area contributed by atoms with E-state index in [1.54, 1.807) is 11.7 Å². The number of para-hydroxylation sites is 2. The average molecular weight is 393 g/mol. The summed E-state index contributed by atoms with van der Waals surface area (Å²) < 4.78 is 9.01. The van der Waals surface area contributed by atoms with Gasteiger partial charge in [-0.15, -0.1) is 0 Å². The number of nitrogens with zero attached hydrogens (tertiary/aromatic N) is 5. The SMILES string of the molecule is COCCCn1c2nc3ccccc3nc2c2c(=O)n(CCC(C)C)c(C)nc21. The zero-order valence-electron chi connectivity index (χ0n) is 17.5. The molecule has 29 heavy (non-hydrogen) atoms. The fraction of sp³-hybridized carbons (Fsp3) is 0.455. The monoisotopic (exact) mass is 393 g/mol. The highest BCUT2D eigenvalue weighted by Crippen LogP contribution is 2.25. The van der Waals surface area contributed by atoms with Crippen LogP contribution in [0.1, 0.15) is 32.5 Å². The van der Waals surface area contributed by atoms with E-state index in [0.717, 1.165) is 29.7 Å². The van der Waals surface area contributed by atoms with Crippen molar-refractivity contribution in [2.24, 2.45) is 5.92 Å². The molecule has 0 saturated carbocycles. The fourth-order valence-corrected chi connectivity index (χ4v) is 3.73. The first-order valence-corrected chi connectivity index (χ1v) is 10.2. The third-order valence-corrected chi connectivity index (χ3v) is 5.30. The van der Waals surface area contributed by atoms with Crippen molar-refractivity contribution in [1.29, 1.82) is 0 Å². The van der Waals surface area contributed by atoms with Crippen molar-refractivity contribution in [1.82, 2.24) is 24.1 Å². The average Bonchev–Trinajstić information content (AvgIpc) is 2.98. The summed E-state index contributed by atoms with van der Waals surface area (Å²) in [5, 5.41) is 0.560. The predicted octanol–water partition coefficient (Wildman–Crippen LogP) is 3.69. The highest BCUT2D eigenvalue weighted by atomic mass is 16.5. The lowest BCUT2D eigenvalue weighted by molar-refractivity contribution is 0.191. The summed E-state index contributed by atoms with van der Waals surface area (Å²) in [7, 11) is 1.69. The summed E-state index contributed by atoms with van der Waals surface area (Å²) in [5.41, 5.74) is 3.56. The number of rotatable bonds is 7. The molecule has 0 saturated heterocycles. The van der Waals surface area contributed by atoms with Crippen molar-refractivity contribution in [3.8, 4) is 0 Å². The zero-order valence-corrected chi connectivity index (χ0v) is 17.5. The lowest BCUT2D eigenvalue weighted by Crippen LogP contribution is -2.25. The van der Waals surface area contributed by atoms with Crippen LogP contribution in [0.4, 0.5) is 0 Å². The predicted molar refractivity (Wildman–Crippen MR) is 115 cm³/mol. The number of hydrogen-bond donors (Lipinski definition) is 0. The van der Waals surface area contributed by atoms with Crippen LogP contribution in [0.25, 0.3) is 33.2 Å². The number of benzene rings is 1. The standard InChI is InChI=1S/C22H27N5O2/c1-14(2)10-12-26-15(3)23-20-18(22(26)28)19-21(27(20)11-7-13-29-4)25-17-9-6-5-8-16(17)24-19/h5-6,8-9,14H,7,10-13H2,1-4H3. The third kappa shape index (κ3) is 3.51. The maximum Gasteiger partial charge on any atom is 0.265 e. The summed E-state index contributed by atoms with van der Waals surface area (Å²) in [6, 6.07) is 7.75. The Kier molecular flexibility index (Phi) is 5.32. The first kappa shape index (κ1) is 19.5. The van der Waals surface area contributed by atoms with Crippen molar-refractivity contribution in [3.63, 3.8) is 0 Å². The van der Waals surface area contributed by atoms with Gasteiger partial charge in [-0.3, -0.25) is 9.36 Å². The number of ether oxygens (including phenoxy) is 1. The van der Waals surface area contributed by atoms with Gasteiger partial charge in [-0.25, -0.2) is 15.0 Å². The molecule has 0 unspecified atom stereocenters. The van der Waals surface area contributed by atoms with Crippen molar-refractivity contribution in [3.05, 3.63) is 40.4 Å². The number of hydrogen-bond acceptors (Lipinski definition) is 5. The Labute approximate surface area is 169 Å². The van der Waals surface area contributed by atoms with Gasteiger partial charge in [0.25, 0.3) is 5.56 Å². The van der Waals surface area contributed by atoms with E-state index in [1.165, 1.54) is 0 Å². The fourth-order valence-electron chi connectivity index (χ4n) is 3.73. The maximum absolute atomic E-state index is 13.5. The summed E-state index contributed by atoms with van der Waals surface area (Å²) in [6.07, 6.45) is 1.73. The second-order valence-electron chi connectivity index (χ2n) is 7.88. The van der Waals surface area contributed by atoms with Gasteiger partial charge in [-0.1, -0.05) is 26.0 Å². The Bertz CT molecular complexity index is 1240. The number of fused-ring (bicyclic) bond motifs is 4. The molecule has 4 aromatic rings. The highest BCUT2D eigenvalue weighted by Gasteiger charge is 2.21. The second-order valence-corrected chi connectivity index (χ2v) is 7.88. The summed E-state index contributed by atoms with van der Waals surface area (Å²) >= 11 is 0. The van der Waals surface area contributed by atoms with Gasteiger partial charge >= 0.3 is 0 Å². The molecule has 0 aliphatic carbocycles. The first-order valence-electron chi connectivity index (χ1n) is 10.2. The topological polar surface area (TPSA) is 74.8 Å². The van der Waals surface area contributed by atoms with Gasteiger partial charge in [0, 0.05) is 26.8 Å². The molecule has 1 aromatic carbocycles. The molecule has 0 atom stereocenters. The molecular weight excluding hydrogens is 366 g/mol. The van der Waals surface area contributed by atoms with Crippen LogP contribution in [0.5, 0.6) is 0 Å². The molecule has 7 nitrogen and oxygen atoms in total. The quantitative estimate of drug-likeness (QED) is 0.448. The van der Waals surface area contributed by atoms with Crippen LogP contribution >= 0.6 is 0 Å². The molecule has 152 valence electrons. The summed E-state index contributed by atoms with van der Waals surface area (Å²) in [5.74, 6) is 1.24. The molecule has 0 aliphatic heterocycles. The second kappa shape index (κ2) is 7.91. The minimum absolute atomic E-state index is 0.0341. The van der Waals surface area contributed by atoms with E-state index in [9.17, 15) is 4.79 Å². The van der Waals surface area contributed by atoms with Crippen LogP contribution in [-0.2, 0) is 17.8 Å². The molecule has 0 aliphatic rings. The minimum Gasteiger partial charge on any atom is -0.385 e. The van der Waals surface area contributed by atoms with E-state index in [4.69, 9.17) is 19.7 Å². The molecule has 7 heteroatoms. The van der Waals surface area contributed by atoms with E-state index in [2.05, 4.69) is 13.8 Å². The molecule has 3 heterocycles. The Morgan fingerprint density at radius 3 is 2.41 bits per heavy atom. The largest absolute Gasteiger partial charge is 0.385 e. The van der Waals surface area contributed by atoms with Gasteiger partial charge in [-0.2, -0.15) is 0 Å². The molecule has 0 spiro atoms. The van der Waals surface area contributed by atoms with Crippen LogP contribution in [0.15, 0.2) is 29.1 Å². The van der Waals surface area contributed by atoms with Crippen LogP contribution < -0.4 is 5.56 Å². The van der Waals surface area contributed by atoms with Gasteiger partial charge in [0.15, 0.2) is 11.3 Å². The van der Waals surface area contributed by atoms with Gasteiger partial charge in [0.05, 0.1) is 11.0 Å². The maximum atomic E-state index is 13.5. The smallest absolute Gasteiger partial charge is 0.265 e. The Morgan fingerprint density at radius 1 is 1.00 bits per heavy atom. The Hall–Kier alpha value is -2.80. The molecule has 0 fully saturated rings. The van der Waals surface area contributed by atoms with Crippen LogP contribution in [0.3, 0.4) is 0 Å². The Balaban J connectivity index is 2.02. The van der Waals surface area contributed by atoms with E-state index in [0.29, 0.717) is 47.8 Å². The van der Waals surface area contributed by atoms with Crippen LogP contribution in [-0.4, -0.2) is 37.8 Å². The molecule has 4 rings (SSSR count).